The zero-order valence-corrected chi connectivity index (χ0v) is 14.9. The molecule has 2 aromatic carbocycles. The first kappa shape index (κ1) is 20.5. The maximum atomic E-state index is 12.7. The van der Waals surface area contributed by atoms with Gasteiger partial charge in [0.15, 0.2) is 12.1 Å². The normalized spacial score (nSPS) is 10.2. The molecule has 0 aromatic heterocycles. The molecule has 0 atom stereocenters. The summed E-state index contributed by atoms with van der Waals surface area (Å²) in [4.78, 5) is 58.5. The zero-order chi connectivity index (χ0) is 20.8. The van der Waals surface area contributed by atoms with Crippen LogP contribution in [0.4, 0.5) is 0 Å². The van der Waals surface area contributed by atoms with E-state index in [-0.39, 0.29) is 33.4 Å². The zero-order valence-electron chi connectivity index (χ0n) is 14.9. The second-order valence-electron chi connectivity index (χ2n) is 5.88. The Morgan fingerprint density at radius 3 is 2.00 bits per heavy atom. The van der Waals surface area contributed by atoms with Crippen LogP contribution in [0.25, 0.3) is 0 Å². The minimum atomic E-state index is -1.37. The standard InChI is InChI=1S/C20H17NO7/c1-2-7-21-18(24)15-6-4-12(9-16(15)20(27)28)17(23)11-3-5-14(19(25)26)13(8-11)10-22/h3-6,8-10H,2,7H2,1H3,(H,21,24)(H,25,26)(H,27,28). The van der Waals surface area contributed by atoms with E-state index in [1.807, 2.05) is 6.92 Å². The summed E-state index contributed by atoms with van der Waals surface area (Å²) >= 11 is 0. The third-order valence-corrected chi connectivity index (χ3v) is 3.96. The molecule has 8 nitrogen and oxygen atoms in total. The van der Waals surface area contributed by atoms with Gasteiger partial charge in [0.1, 0.15) is 0 Å². The number of carbonyl (C=O) groups excluding carboxylic acids is 3. The number of carbonyl (C=O) groups is 5. The molecular weight excluding hydrogens is 366 g/mol. The van der Waals surface area contributed by atoms with Crippen molar-refractivity contribution >= 4 is 29.9 Å². The predicted molar refractivity (Wildman–Crippen MR) is 98.2 cm³/mol. The Balaban J connectivity index is 2.45. The maximum Gasteiger partial charge on any atom is 0.336 e. The molecule has 0 aliphatic rings. The Hall–Kier alpha value is -3.81. The first-order valence-electron chi connectivity index (χ1n) is 8.32. The van der Waals surface area contributed by atoms with Gasteiger partial charge in [-0.3, -0.25) is 14.4 Å². The molecule has 3 N–H and O–H groups in total. The summed E-state index contributed by atoms with van der Waals surface area (Å²) in [6, 6.07) is 7.12. The topological polar surface area (TPSA) is 138 Å². The van der Waals surface area contributed by atoms with Crippen LogP contribution in [0.2, 0.25) is 0 Å². The Bertz CT molecular complexity index is 979. The Morgan fingerprint density at radius 1 is 0.893 bits per heavy atom. The molecule has 0 heterocycles. The highest BCUT2D eigenvalue weighted by molar-refractivity contribution is 6.13. The van der Waals surface area contributed by atoms with Gasteiger partial charge in [0, 0.05) is 23.2 Å². The third kappa shape index (κ3) is 4.29. The van der Waals surface area contributed by atoms with Crippen molar-refractivity contribution in [2.45, 2.75) is 13.3 Å². The highest BCUT2D eigenvalue weighted by atomic mass is 16.4. The maximum absolute atomic E-state index is 12.7. The number of carboxylic acid groups (broad SMARTS) is 2. The average Bonchev–Trinajstić information content (AvgIpc) is 2.70. The van der Waals surface area contributed by atoms with E-state index in [0.29, 0.717) is 19.3 Å². The number of nitrogens with one attached hydrogen (secondary N) is 1. The van der Waals surface area contributed by atoms with Crippen LogP contribution in [0.3, 0.4) is 0 Å². The molecule has 0 bridgehead atoms. The van der Waals surface area contributed by atoms with Crippen molar-refractivity contribution in [2.75, 3.05) is 6.54 Å². The molecular formula is C20H17NO7. The smallest absolute Gasteiger partial charge is 0.336 e. The largest absolute Gasteiger partial charge is 0.478 e. The molecule has 0 aliphatic heterocycles. The number of aldehydes is 1. The van der Waals surface area contributed by atoms with E-state index in [1.165, 1.54) is 18.2 Å². The molecule has 0 saturated carbocycles. The predicted octanol–water partition coefficient (Wildman–Crippen LogP) is 2.27. The van der Waals surface area contributed by atoms with Crippen molar-refractivity contribution in [1.82, 2.24) is 5.32 Å². The van der Waals surface area contributed by atoms with Gasteiger partial charge >= 0.3 is 11.9 Å². The fourth-order valence-electron chi connectivity index (χ4n) is 2.56. The van der Waals surface area contributed by atoms with Crippen LogP contribution in [-0.4, -0.2) is 46.7 Å². The van der Waals surface area contributed by atoms with Crippen molar-refractivity contribution in [2.24, 2.45) is 0 Å². The average molecular weight is 383 g/mol. The van der Waals surface area contributed by atoms with Gasteiger partial charge in [-0.2, -0.15) is 0 Å². The third-order valence-electron chi connectivity index (χ3n) is 3.96. The first-order valence-corrected chi connectivity index (χ1v) is 8.32. The molecule has 28 heavy (non-hydrogen) atoms. The summed E-state index contributed by atoms with van der Waals surface area (Å²) < 4.78 is 0. The lowest BCUT2D eigenvalue weighted by Crippen LogP contribution is -2.26. The Morgan fingerprint density at radius 2 is 1.46 bits per heavy atom. The summed E-state index contributed by atoms with van der Waals surface area (Å²) in [6.45, 7) is 2.23. The van der Waals surface area contributed by atoms with E-state index >= 15 is 0 Å². The minimum Gasteiger partial charge on any atom is -0.478 e. The highest BCUT2D eigenvalue weighted by Crippen LogP contribution is 2.18. The van der Waals surface area contributed by atoms with Gasteiger partial charge in [0.25, 0.3) is 5.91 Å². The Kier molecular flexibility index (Phi) is 6.38. The van der Waals surface area contributed by atoms with Crippen LogP contribution in [-0.2, 0) is 0 Å². The second-order valence-corrected chi connectivity index (χ2v) is 5.88. The summed E-state index contributed by atoms with van der Waals surface area (Å²) in [5.41, 5.74) is -0.825. The van der Waals surface area contributed by atoms with E-state index in [4.69, 9.17) is 5.11 Å². The van der Waals surface area contributed by atoms with Gasteiger partial charge in [-0.05, 0) is 30.7 Å². The molecule has 2 aromatic rings. The molecule has 0 spiro atoms. The highest BCUT2D eigenvalue weighted by Gasteiger charge is 2.20. The van der Waals surface area contributed by atoms with Crippen LogP contribution in [0.15, 0.2) is 36.4 Å². The number of ketones is 1. The van der Waals surface area contributed by atoms with Gasteiger partial charge in [-0.25, -0.2) is 9.59 Å². The minimum absolute atomic E-state index is 0.00985. The lowest BCUT2D eigenvalue weighted by Gasteiger charge is -2.10. The number of hydrogen-bond donors (Lipinski definition) is 3. The quantitative estimate of drug-likeness (QED) is 0.469. The van der Waals surface area contributed by atoms with Gasteiger partial charge in [0.05, 0.1) is 16.7 Å². The van der Waals surface area contributed by atoms with Gasteiger partial charge in [0.2, 0.25) is 0 Å². The van der Waals surface area contributed by atoms with Crippen molar-refractivity contribution in [3.8, 4) is 0 Å². The number of carboxylic acids is 2. The Labute approximate surface area is 159 Å². The molecule has 2 rings (SSSR count). The van der Waals surface area contributed by atoms with E-state index < -0.39 is 23.6 Å². The van der Waals surface area contributed by atoms with Crippen LogP contribution in [0.5, 0.6) is 0 Å². The number of hydrogen-bond acceptors (Lipinski definition) is 5. The van der Waals surface area contributed by atoms with Crippen LogP contribution >= 0.6 is 0 Å². The fourth-order valence-corrected chi connectivity index (χ4v) is 2.56. The summed E-state index contributed by atoms with van der Waals surface area (Å²) in [5, 5.41) is 21.0. The SMILES string of the molecule is CCCNC(=O)c1ccc(C(=O)c2ccc(C(=O)O)c(C=O)c2)cc1C(=O)O. The first-order chi connectivity index (χ1) is 13.3. The van der Waals surface area contributed by atoms with E-state index in [2.05, 4.69) is 5.32 Å². The summed E-state index contributed by atoms with van der Waals surface area (Å²) in [6.07, 6.45) is 1.00. The van der Waals surface area contributed by atoms with Crippen molar-refractivity contribution < 1.29 is 34.2 Å². The monoisotopic (exact) mass is 383 g/mol. The van der Waals surface area contributed by atoms with Gasteiger partial charge in [-0.15, -0.1) is 0 Å². The molecule has 0 unspecified atom stereocenters. The number of amides is 1. The van der Waals surface area contributed by atoms with Crippen LogP contribution in [0, 0.1) is 0 Å². The molecule has 144 valence electrons. The lowest BCUT2D eigenvalue weighted by molar-refractivity contribution is 0.0683. The fraction of sp³-hybridized carbons (Fsp3) is 0.150. The lowest BCUT2D eigenvalue weighted by atomic mass is 9.95. The molecule has 1 amide bonds. The van der Waals surface area contributed by atoms with Crippen molar-refractivity contribution in [3.63, 3.8) is 0 Å². The van der Waals surface area contributed by atoms with E-state index in [0.717, 1.165) is 18.2 Å². The molecule has 0 aliphatic carbocycles. The summed E-state index contributed by atoms with van der Waals surface area (Å²) in [7, 11) is 0. The number of aromatic carboxylic acids is 2. The van der Waals surface area contributed by atoms with Crippen LogP contribution in [0.1, 0.15) is 70.7 Å². The second kappa shape index (κ2) is 8.72. The molecule has 0 radical (unpaired) electrons. The molecule has 0 fully saturated rings. The van der Waals surface area contributed by atoms with Crippen molar-refractivity contribution in [1.29, 1.82) is 0 Å². The van der Waals surface area contributed by atoms with Gasteiger partial charge < -0.3 is 15.5 Å². The van der Waals surface area contributed by atoms with E-state index in [9.17, 15) is 29.1 Å². The van der Waals surface area contributed by atoms with E-state index in [1.54, 1.807) is 0 Å². The van der Waals surface area contributed by atoms with Crippen molar-refractivity contribution in [3.05, 3.63) is 69.8 Å². The molecule has 0 saturated heterocycles. The molecule has 8 heteroatoms. The van der Waals surface area contributed by atoms with Gasteiger partial charge in [-0.1, -0.05) is 19.1 Å². The summed E-state index contributed by atoms with van der Waals surface area (Å²) in [5.74, 6) is -3.85. The van der Waals surface area contributed by atoms with Crippen LogP contribution < -0.4 is 5.32 Å². The number of rotatable bonds is 8. The number of benzene rings is 2.